The van der Waals surface area contributed by atoms with E-state index in [4.69, 9.17) is 11.6 Å². The molecule has 3 rings (SSSR count). The molecule has 4 heteroatoms. The first-order valence-electron chi connectivity index (χ1n) is 6.09. The summed E-state index contributed by atoms with van der Waals surface area (Å²) in [7, 11) is 0. The zero-order valence-electron chi connectivity index (χ0n) is 10.3. The quantitative estimate of drug-likeness (QED) is 0.840. The van der Waals surface area contributed by atoms with Gasteiger partial charge in [-0.15, -0.1) is 11.8 Å². The van der Waals surface area contributed by atoms with Gasteiger partial charge in [-0.1, -0.05) is 41.4 Å². The van der Waals surface area contributed by atoms with E-state index in [1.165, 1.54) is 11.1 Å². The smallest absolute Gasteiger partial charge is 0.0978 e. The maximum atomic E-state index is 6.19. The van der Waals surface area contributed by atoms with Crippen molar-refractivity contribution < 1.29 is 0 Å². The summed E-state index contributed by atoms with van der Waals surface area (Å²) in [5.41, 5.74) is 2.57. The molecule has 0 bridgehead atoms. The normalized spacial score (nSPS) is 15.0. The Morgan fingerprint density at radius 2 is 2.11 bits per heavy atom. The van der Waals surface area contributed by atoms with E-state index < -0.39 is 0 Å². The van der Waals surface area contributed by atoms with Gasteiger partial charge in [0.1, 0.15) is 0 Å². The SMILES string of the molecule is Clc1ccccc1CC1=CC=C(n2cccn2)SC1. The van der Waals surface area contributed by atoms with Crippen molar-refractivity contribution >= 4 is 28.4 Å². The molecule has 1 aliphatic rings. The lowest BCUT2D eigenvalue weighted by atomic mass is 10.1. The number of aromatic nitrogens is 2. The Balaban J connectivity index is 1.76. The van der Waals surface area contributed by atoms with Crippen molar-refractivity contribution in [3.63, 3.8) is 0 Å². The Morgan fingerprint density at radius 1 is 1.21 bits per heavy atom. The van der Waals surface area contributed by atoms with Crippen LogP contribution in [0.5, 0.6) is 0 Å². The van der Waals surface area contributed by atoms with Gasteiger partial charge in [0, 0.05) is 23.2 Å². The molecule has 1 aliphatic heterocycles. The third-order valence-corrected chi connectivity index (χ3v) is 4.48. The third kappa shape index (κ3) is 2.94. The van der Waals surface area contributed by atoms with E-state index in [0.29, 0.717) is 0 Å². The molecule has 96 valence electrons. The van der Waals surface area contributed by atoms with Crippen LogP contribution in [0, 0.1) is 0 Å². The minimum absolute atomic E-state index is 0.843. The van der Waals surface area contributed by atoms with Crippen molar-refractivity contribution in [3.8, 4) is 0 Å². The van der Waals surface area contributed by atoms with Gasteiger partial charge < -0.3 is 0 Å². The summed E-state index contributed by atoms with van der Waals surface area (Å²) in [6.07, 6.45) is 8.97. The van der Waals surface area contributed by atoms with Crippen molar-refractivity contribution in [2.45, 2.75) is 6.42 Å². The van der Waals surface area contributed by atoms with Crippen LogP contribution in [-0.4, -0.2) is 15.5 Å². The number of halogens is 1. The van der Waals surface area contributed by atoms with Gasteiger partial charge in [-0.25, -0.2) is 4.68 Å². The lowest BCUT2D eigenvalue weighted by Crippen LogP contribution is -2.02. The zero-order chi connectivity index (χ0) is 13.1. The van der Waals surface area contributed by atoms with Crippen LogP contribution in [0.4, 0.5) is 0 Å². The Kier molecular flexibility index (Phi) is 3.76. The Bertz CT molecular complexity index is 629. The number of hydrogen-bond acceptors (Lipinski definition) is 2. The highest BCUT2D eigenvalue weighted by Gasteiger charge is 2.10. The summed E-state index contributed by atoms with van der Waals surface area (Å²) in [5.74, 6) is 0.983. The van der Waals surface area contributed by atoms with Crippen LogP contribution < -0.4 is 0 Å². The van der Waals surface area contributed by atoms with E-state index in [1.54, 1.807) is 18.0 Å². The Labute approximate surface area is 121 Å². The van der Waals surface area contributed by atoms with Gasteiger partial charge in [0.25, 0.3) is 0 Å². The first kappa shape index (κ1) is 12.6. The predicted molar refractivity (Wildman–Crippen MR) is 82.2 cm³/mol. The van der Waals surface area contributed by atoms with Crippen molar-refractivity contribution in [1.29, 1.82) is 0 Å². The average Bonchev–Trinajstić information content (AvgIpc) is 2.96. The van der Waals surface area contributed by atoms with Gasteiger partial charge in [0.05, 0.1) is 5.03 Å². The minimum atomic E-state index is 0.843. The number of rotatable bonds is 3. The molecule has 0 N–H and O–H groups in total. The second-order valence-electron chi connectivity index (χ2n) is 4.34. The van der Waals surface area contributed by atoms with E-state index in [1.807, 2.05) is 35.1 Å². The van der Waals surface area contributed by atoms with Gasteiger partial charge in [-0.3, -0.25) is 0 Å². The van der Waals surface area contributed by atoms with Crippen molar-refractivity contribution in [3.05, 3.63) is 71.0 Å². The first-order valence-corrected chi connectivity index (χ1v) is 7.45. The molecule has 0 radical (unpaired) electrons. The number of allylic oxidation sites excluding steroid dienone is 2. The molecule has 1 aromatic carbocycles. The highest BCUT2D eigenvalue weighted by Crippen LogP contribution is 2.29. The summed E-state index contributed by atoms with van der Waals surface area (Å²) < 4.78 is 1.90. The molecule has 0 aliphatic carbocycles. The second-order valence-corrected chi connectivity index (χ2v) is 5.74. The van der Waals surface area contributed by atoms with Gasteiger partial charge >= 0.3 is 0 Å². The number of benzene rings is 1. The fourth-order valence-corrected chi connectivity index (χ4v) is 3.13. The molecule has 0 atom stereocenters. The van der Waals surface area contributed by atoms with E-state index in [9.17, 15) is 0 Å². The van der Waals surface area contributed by atoms with Gasteiger partial charge in [0.15, 0.2) is 0 Å². The number of nitrogens with zero attached hydrogens (tertiary/aromatic N) is 2. The maximum absolute atomic E-state index is 6.19. The summed E-state index contributed by atoms with van der Waals surface area (Å²) >= 11 is 7.99. The highest BCUT2D eigenvalue weighted by molar-refractivity contribution is 8.08. The van der Waals surface area contributed by atoms with E-state index in [-0.39, 0.29) is 0 Å². The molecule has 0 spiro atoms. The summed E-state index contributed by atoms with van der Waals surface area (Å²) in [6.45, 7) is 0. The third-order valence-electron chi connectivity index (χ3n) is 2.97. The van der Waals surface area contributed by atoms with E-state index in [2.05, 4.69) is 23.3 Å². The van der Waals surface area contributed by atoms with Crippen LogP contribution in [0.1, 0.15) is 5.56 Å². The molecular formula is C15H13ClN2S. The van der Waals surface area contributed by atoms with E-state index in [0.717, 1.165) is 22.2 Å². The molecule has 0 saturated heterocycles. The molecule has 2 heterocycles. The topological polar surface area (TPSA) is 17.8 Å². The molecule has 19 heavy (non-hydrogen) atoms. The Hall–Kier alpha value is -1.45. The second kappa shape index (κ2) is 5.68. The van der Waals surface area contributed by atoms with Gasteiger partial charge in [-0.2, -0.15) is 5.10 Å². The van der Waals surface area contributed by atoms with Gasteiger partial charge in [0.2, 0.25) is 0 Å². The lowest BCUT2D eigenvalue weighted by molar-refractivity contribution is 0.924. The van der Waals surface area contributed by atoms with Crippen molar-refractivity contribution in [2.75, 3.05) is 5.75 Å². The van der Waals surface area contributed by atoms with Crippen LogP contribution in [0.2, 0.25) is 5.02 Å². The van der Waals surface area contributed by atoms with Crippen LogP contribution in [0.15, 0.2) is 60.5 Å². The molecule has 0 amide bonds. The molecule has 0 saturated carbocycles. The molecular weight excluding hydrogens is 276 g/mol. The highest BCUT2D eigenvalue weighted by atomic mass is 35.5. The molecule has 2 aromatic rings. The van der Waals surface area contributed by atoms with Crippen molar-refractivity contribution in [1.82, 2.24) is 9.78 Å². The number of hydrogen-bond donors (Lipinski definition) is 0. The van der Waals surface area contributed by atoms with Crippen LogP contribution >= 0.6 is 23.4 Å². The zero-order valence-corrected chi connectivity index (χ0v) is 11.9. The standard InChI is InChI=1S/C15H13ClN2S/c16-14-5-2-1-4-13(14)10-12-6-7-15(19-11-12)18-9-3-8-17-18/h1-9H,10-11H2. The van der Waals surface area contributed by atoms with Crippen LogP contribution in [-0.2, 0) is 6.42 Å². The van der Waals surface area contributed by atoms with Crippen molar-refractivity contribution in [2.24, 2.45) is 0 Å². The van der Waals surface area contributed by atoms with Crippen LogP contribution in [0.3, 0.4) is 0 Å². The van der Waals surface area contributed by atoms with Crippen LogP contribution in [0.25, 0.3) is 5.03 Å². The summed E-state index contributed by atoms with van der Waals surface area (Å²) in [6, 6.07) is 9.96. The molecule has 2 nitrogen and oxygen atoms in total. The fourth-order valence-electron chi connectivity index (χ4n) is 1.99. The number of thioether (sulfide) groups is 1. The minimum Gasteiger partial charge on any atom is -0.235 e. The summed E-state index contributed by atoms with van der Waals surface area (Å²) in [4.78, 5) is 0. The summed E-state index contributed by atoms with van der Waals surface area (Å²) in [5, 5.41) is 6.24. The molecule has 0 fully saturated rings. The molecule has 1 aromatic heterocycles. The average molecular weight is 289 g/mol. The van der Waals surface area contributed by atoms with E-state index >= 15 is 0 Å². The largest absolute Gasteiger partial charge is 0.235 e. The van der Waals surface area contributed by atoms with Gasteiger partial charge in [-0.05, 0) is 30.2 Å². The maximum Gasteiger partial charge on any atom is 0.0978 e. The predicted octanol–water partition coefficient (Wildman–Crippen LogP) is 4.25. The lowest BCUT2D eigenvalue weighted by Gasteiger charge is -2.14. The molecule has 0 unspecified atom stereocenters. The fraction of sp³-hybridized carbons (Fsp3) is 0.133. The monoisotopic (exact) mass is 288 g/mol. The Morgan fingerprint density at radius 3 is 2.79 bits per heavy atom. The first-order chi connectivity index (χ1) is 9.33.